The van der Waals surface area contributed by atoms with Crippen molar-refractivity contribution in [3.8, 4) is 10.8 Å². The van der Waals surface area contributed by atoms with Gasteiger partial charge in [0.2, 0.25) is 11.8 Å². The van der Waals surface area contributed by atoms with Gasteiger partial charge in [-0.05, 0) is 36.1 Å². The fourth-order valence-corrected chi connectivity index (χ4v) is 3.60. The highest BCUT2D eigenvalue weighted by Gasteiger charge is 2.32. The van der Waals surface area contributed by atoms with E-state index in [0.717, 1.165) is 4.88 Å². The highest BCUT2D eigenvalue weighted by Crippen LogP contribution is 2.34. The lowest BCUT2D eigenvalue weighted by Gasteiger charge is -2.24. The number of halogens is 1. The first-order chi connectivity index (χ1) is 13.0. The van der Waals surface area contributed by atoms with Crippen LogP contribution in [0.5, 0.6) is 0 Å². The van der Waals surface area contributed by atoms with Crippen molar-refractivity contribution in [1.29, 1.82) is 0 Å². The Morgan fingerprint density at radius 1 is 1.44 bits per heavy atom. The number of aromatic nitrogens is 1. The normalized spacial score (nSPS) is 15.9. The zero-order chi connectivity index (χ0) is 19.0. The molecule has 3 aromatic rings. The monoisotopic (exact) mass is 386 g/mol. The third-order valence-electron chi connectivity index (χ3n) is 4.31. The molecule has 0 bridgehead atoms. The van der Waals surface area contributed by atoms with Crippen LogP contribution in [0.25, 0.3) is 10.8 Å². The molecule has 138 valence electrons. The molecule has 0 unspecified atom stereocenters. The van der Waals surface area contributed by atoms with Gasteiger partial charge >= 0.3 is 5.97 Å². The van der Waals surface area contributed by atoms with Crippen LogP contribution in [0.4, 0.5) is 10.1 Å². The molecule has 1 aromatic carbocycles. The minimum absolute atomic E-state index is 0.0459. The van der Waals surface area contributed by atoms with Crippen molar-refractivity contribution in [1.82, 2.24) is 4.98 Å². The number of amides is 1. The number of esters is 1. The first kappa shape index (κ1) is 17.4. The zero-order valence-electron chi connectivity index (χ0n) is 14.3. The first-order valence-corrected chi connectivity index (χ1v) is 9.15. The van der Waals surface area contributed by atoms with Crippen LogP contribution in [0, 0.1) is 12.7 Å². The van der Waals surface area contributed by atoms with Crippen LogP contribution in [0.3, 0.4) is 0 Å². The minimum atomic E-state index is -0.779. The number of fused-ring (bicyclic) bond motifs is 1. The molecular formula is C19H15FN2O4S. The Balaban J connectivity index is 1.50. The van der Waals surface area contributed by atoms with E-state index in [1.54, 1.807) is 6.92 Å². The number of thiophene rings is 1. The van der Waals surface area contributed by atoms with E-state index in [-0.39, 0.29) is 18.9 Å². The maximum absolute atomic E-state index is 13.4. The van der Waals surface area contributed by atoms with Gasteiger partial charge in [-0.15, -0.1) is 11.3 Å². The molecule has 8 heteroatoms. The number of nitrogens with one attached hydrogen (secondary N) is 1. The van der Waals surface area contributed by atoms with Gasteiger partial charge in [0.05, 0.1) is 10.8 Å². The van der Waals surface area contributed by atoms with E-state index in [4.69, 9.17) is 9.15 Å². The third-order valence-corrected chi connectivity index (χ3v) is 5.17. The quantitative estimate of drug-likeness (QED) is 0.685. The Morgan fingerprint density at radius 2 is 2.30 bits per heavy atom. The second-order valence-electron chi connectivity index (χ2n) is 6.14. The van der Waals surface area contributed by atoms with Gasteiger partial charge in [-0.25, -0.2) is 9.37 Å². The van der Waals surface area contributed by atoms with Crippen LogP contribution in [0.1, 0.15) is 29.4 Å². The van der Waals surface area contributed by atoms with Crippen LogP contribution in [0.2, 0.25) is 0 Å². The lowest BCUT2D eigenvalue weighted by molar-refractivity contribution is -0.148. The Bertz CT molecular complexity index is 1010. The van der Waals surface area contributed by atoms with Crippen molar-refractivity contribution in [3.63, 3.8) is 0 Å². The topological polar surface area (TPSA) is 81.4 Å². The molecule has 1 aliphatic heterocycles. The van der Waals surface area contributed by atoms with Crippen molar-refractivity contribution < 1.29 is 23.1 Å². The smallest absolute Gasteiger partial charge is 0.314 e. The van der Waals surface area contributed by atoms with Crippen molar-refractivity contribution in [2.45, 2.75) is 25.9 Å². The second kappa shape index (κ2) is 6.96. The molecule has 2 aromatic heterocycles. The lowest BCUT2D eigenvalue weighted by Crippen LogP contribution is -2.28. The van der Waals surface area contributed by atoms with Gasteiger partial charge in [-0.1, -0.05) is 12.1 Å². The van der Waals surface area contributed by atoms with Crippen LogP contribution in [-0.4, -0.2) is 16.9 Å². The summed E-state index contributed by atoms with van der Waals surface area (Å²) in [6.07, 6.45) is -0.0459. The molecule has 4 rings (SSSR count). The van der Waals surface area contributed by atoms with Crippen LogP contribution in [0.15, 0.2) is 40.1 Å². The van der Waals surface area contributed by atoms with Gasteiger partial charge in [0.1, 0.15) is 23.9 Å². The van der Waals surface area contributed by atoms with Crippen molar-refractivity contribution in [2.24, 2.45) is 0 Å². The Labute approximate surface area is 158 Å². The summed E-state index contributed by atoms with van der Waals surface area (Å²) in [5.74, 6) is -1.13. The summed E-state index contributed by atoms with van der Waals surface area (Å²) in [7, 11) is 0. The van der Waals surface area contributed by atoms with Gasteiger partial charge in [0.15, 0.2) is 0 Å². The van der Waals surface area contributed by atoms with Gasteiger partial charge < -0.3 is 14.5 Å². The molecule has 0 saturated heterocycles. The van der Waals surface area contributed by atoms with Gasteiger partial charge in [0.25, 0.3) is 0 Å². The first-order valence-electron chi connectivity index (χ1n) is 8.27. The summed E-state index contributed by atoms with van der Waals surface area (Å²) in [6.45, 7) is 1.69. The highest BCUT2D eigenvalue weighted by atomic mass is 32.1. The molecule has 1 atom stereocenters. The van der Waals surface area contributed by atoms with Crippen molar-refractivity contribution in [2.75, 3.05) is 5.32 Å². The molecule has 0 spiro atoms. The molecule has 27 heavy (non-hydrogen) atoms. The molecule has 3 heterocycles. The molecule has 1 aliphatic rings. The highest BCUT2D eigenvalue weighted by molar-refractivity contribution is 7.13. The lowest BCUT2D eigenvalue weighted by atomic mass is 9.90. The van der Waals surface area contributed by atoms with Gasteiger partial charge in [-0.2, -0.15) is 0 Å². The van der Waals surface area contributed by atoms with E-state index < -0.39 is 17.7 Å². The van der Waals surface area contributed by atoms with Gasteiger partial charge in [0, 0.05) is 12.1 Å². The Kier molecular flexibility index (Phi) is 4.49. The number of benzene rings is 1. The summed E-state index contributed by atoms with van der Waals surface area (Å²) >= 11 is 1.50. The Morgan fingerprint density at radius 3 is 3.07 bits per heavy atom. The summed E-state index contributed by atoms with van der Waals surface area (Å²) in [5, 5.41) is 4.49. The van der Waals surface area contributed by atoms with E-state index in [0.29, 0.717) is 28.6 Å². The van der Waals surface area contributed by atoms with E-state index in [1.807, 2.05) is 17.5 Å². The summed E-state index contributed by atoms with van der Waals surface area (Å²) in [5.41, 5.74) is 1.36. The number of carbonyl (C=O) groups is 2. The SMILES string of the molecule is Cc1oc(-c2cccs2)nc1COC(=O)[C@H]1CC(=O)Nc2cc(F)ccc21. The summed E-state index contributed by atoms with van der Waals surface area (Å²) in [4.78, 5) is 29.7. The van der Waals surface area contributed by atoms with E-state index in [1.165, 1.54) is 29.5 Å². The number of carbonyl (C=O) groups excluding carboxylic acids is 2. The largest absolute Gasteiger partial charge is 0.459 e. The fourth-order valence-electron chi connectivity index (χ4n) is 2.96. The van der Waals surface area contributed by atoms with E-state index >= 15 is 0 Å². The summed E-state index contributed by atoms with van der Waals surface area (Å²) in [6, 6.07) is 7.73. The van der Waals surface area contributed by atoms with E-state index in [2.05, 4.69) is 10.3 Å². The van der Waals surface area contributed by atoms with Gasteiger partial charge in [-0.3, -0.25) is 9.59 Å². The number of hydrogen-bond donors (Lipinski definition) is 1. The van der Waals surface area contributed by atoms with Crippen LogP contribution < -0.4 is 5.32 Å². The summed E-state index contributed by atoms with van der Waals surface area (Å²) < 4.78 is 24.4. The number of anilines is 1. The molecule has 1 amide bonds. The third kappa shape index (κ3) is 3.48. The number of oxazole rings is 1. The molecule has 0 radical (unpaired) electrons. The Hall–Kier alpha value is -3.00. The number of rotatable bonds is 4. The maximum Gasteiger partial charge on any atom is 0.314 e. The number of ether oxygens (including phenoxy) is 1. The second-order valence-corrected chi connectivity index (χ2v) is 7.09. The molecule has 0 fully saturated rings. The number of hydrogen-bond acceptors (Lipinski definition) is 6. The minimum Gasteiger partial charge on any atom is -0.459 e. The molecular weight excluding hydrogens is 371 g/mol. The average molecular weight is 386 g/mol. The van der Waals surface area contributed by atoms with Crippen LogP contribution in [-0.2, 0) is 20.9 Å². The zero-order valence-corrected chi connectivity index (χ0v) is 15.1. The molecule has 1 N–H and O–H groups in total. The maximum atomic E-state index is 13.4. The van der Waals surface area contributed by atoms with E-state index in [9.17, 15) is 14.0 Å². The number of aryl methyl sites for hydroxylation is 1. The predicted octanol–water partition coefficient (Wildman–Crippen LogP) is 4.02. The average Bonchev–Trinajstić information content (AvgIpc) is 3.28. The standard InChI is InChI=1S/C19H15FN2O4S/c1-10-15(22-18(26-10)16-3-2-6-27-16)9-25-19(24)13-8-17(23)21-14-7-11(20)4-5-12(13)14/h2-7,13H,8-9H2,1H3,(H,21,23)/t13-/m0/s1. The van der Waals surface area contributed by atoms with Crippen molar-refractivity contribution in [3.05, 3.63) is 58.5 Å². The van der Waals surface area contributed by atoms with Crippen molar-refractivity contribution >= 4 is 28.9 Å². The molecule has 6 nitrogen and oxygen atoms in total. The number of nitrogens with zero attached hydrogens (tertiary/aromatic N) is 1. The fraction of sp³-hybridized carbons (Fsp3) is 0.211. The molecule has 0 saturated carbocycles. The van der Waals surface area contributed by atoms with Crippen LogP contribution >= 0.6 is 11.3 Å². The molecule has 0 aliphatic carbocycles. The predicted molar refractivity (Wildman–Crippen MR) is 96.7 cm³/mol.